The number of fused-ring (bicyclic) bond motifs is 1. The standard InChI is InChI=1S/C15H11Cl2NS/c1-2-9-3-4-13-14(5-9)19-15(18-13)10-6-11(16)8-12(17)7-10/h3-8H,2H2,1H3. The molecule has 0 saturated carbocycles. The predicted molar refractivity (Wildman–Crippen MR) is 84.5 cm³/mol. The number of halogens is 2. The smallest absolute Gasteiger partial charge is 0.124 e. The molecule has 0 N–H and O–H groups in total. The minimum absolute atomic E-state index is 0.635. The summed E-state index contributed by atoms with van der Waals surface area (Å²) in [6.45, 7) is 2.15. The van der Waals surface area contributed by atoms with E-state index in [4.69, 9.17) is 23.2 Å². The SMILES string of the molecule is CCc1ccc2nc(-c3cc(Cl)cc(Cl)c3)sc2c1. The molecule has 0 fully saturated rings. The van der Waals surface area contributed by atoms with Crippen LogP contribution in [-0.2, 0) is 6.42 Å². The lowest BCUT2D eigenvalue weighted by Gasteiger charge is -1.98. The van der Waals surface area contributed by atoms with Gasteiger partial charge in [0.25, 0.3) is 0 Å². The Balaban J connectivity index is 2.14. The van der Waals surface area contributed by atoms with E-state index < -0.39 is 0 Å². The Morgan fingerprint density at radius 1 is 1.05 bits per heavy atom. The molecule has 3 aromatic rings. The Bertz CT molecular complexity index is 729. The maximum absolute atomic E-state index is 6.04. The molecule has 0 saturated heterocycles. The van der Waals surface area contributed by atoms with Gasteiger partial charge in [0, 0.05) is 15.6 Å². The van der Waals surface area contributed by atoms with Crippen LogP contribution in [0.1, 0.15) is 12.5 Å². The number of nitrogens with zero attached hydrogens (tertiary/aromatic N) is 1. The van der Waals surface area contributed by atoms with Crippen molar-refractivity contribution in [2.24, 2.45) is 0 Å². The molecule has 96 valence electrons. The third-order valence-corrected chi connectivity index (χ3v) is 4.47. The highest BCUT2D eigenvalue weighted by molar-refractivity contribution is 7.21. The molecule has 0 spiro atoms. The van der Waals surface area contributed by atoms with Crippen molar-refractivity contribution in [2.45, 2.75) is 13.3 Å². The van der Waals surface area contributed by atoms with Crippen molar-refractivity contribution in [3.05, 3.63) is 52.0 Å². The van der Waals surface area contributed by atoms with Gasteiger partial charge in [-0.15, -0.1) is 11.3 Å². The largest absolute Gasteiger partial charge is 0.236 e. The monoisotopic (exact) mass is 307 g/mol. The van der Waals surface area contributed by atoms with Gasteiger partial charge in [0.15, 0.2) is 0 Å². The Hall–Kier alpha value is -1.09. The van der Waals surface area contributed by atoms with Crippen LogP contribution in [-0.4, -0.2) is 4.98 Å². The Labute approximate surface area is 125 Å². The van der Waals surface area contributed by atoms with Crippen LogP contribution in [0.5, 0.6) is 0 Å². The fourth-order valence-electron chi connectivity index (χ4n) is 1.99. The molecule has 4 heteroatoms. The molecule has 0 aliphatic heterocycles. The van der Waals surface area contributed by atoms with Crippen molar-refractivity contribution in [2.75, 3.05) is 0 Å². The molecule has 0 aliphatic rings. The summed E-state index contributed by atoms with van der Waals surface area (Å²) in [4.78, 5) is 4.64. The lowest BCUT2D eigenvalue weighted by Crippen LogP contribution is -1.78. The van der Waals surface area contributed by atoms with Crippen LogP contribution in [0.2, 0.25) is 10.0 Å². The molecule has 0 radical (unpaired) electrons. The second kappa shape index (κ2) is 5.12. The molecule has 0 atom stereocenters. The molecule has 0 amide bonds. The van der Waals surface area contributed by atoms with Gasteiger partial charge in [-0.3, -0.25) is 0 Å². The zero-order chi connectivity index (χ0) is 13.4. The van der Waals surface area contributed by atoms with Crippen molar-refractivity contribution in [3.8, 4) is 10.6 Å². The van der Waals surface area contributed by atoms with E-state index in [0.29, 0.717) is 10.0 Å². The highest BCUT2D eigenvalue weighted by atomic mass is 35.5. The maximum Gasteiger partial charge on any atom is 0.124 e. The average molecular weight is 308 g/mol. The summed E-state index contributed by atoms with van der Waals surface area (Å²) in [5, 5.41) is 2.22. The van der Waals surface area contributed by atoms with Gasteiger partial charge in [-0.2, -0.15) is 0 Å². The van der Waals surface area contributed by atoms with E-state index >= 15 is 0 Å². The predicted octanol–water partition coefficient (Wildman–Crippen LogP) is 5.83. The van der Waals surface area contributed by atoms with Crippen LogP contribution in [0.4, 0.5) is 0 Å². The van der Waals surface area contributed by atoms with Gasteiger partial charge in [-0.25, -0.2) is 4.98 Å². The van der Waals surface area contributed by atoms with Gasteiger partial charge in [-0.1, -0.05) is 36.2 Å². The first kappa shape index (κ1) is 12.9. The fourth-order valence-corrected chi connectivity index (χ4v) is 3.53. The third kappa shape index (κ3) is 2.62. The number of aromatic nitrogens is 1. The highest BCUT2D eigenvalue weighted by Gasteiger charge is 2.08. The maximum atomic E-state index is 6.04. The first-order valence-corrected chi connectivity index (χ1v) is 7.59. The molecule has 1 aromatic heterocycles. The summed E-state index contributed by atoms with van der Waals surface area (Å²) in [5.41, 5.74) is 3.32. The molecule has 2 aromatic carbocycles. The van der Waals surface area contributed by atoms with Gasteiger partial charge >= 0.3 is 0 Å². The van der Waals surface area contributed by atoms with E-state index in [1.54, 1.807) is 17.4 Å². The third-order valence-electron chi connectivity index (χ3n) is 2.97. The molecule has 0 unspecified atom stereocenters. The number of benzene rings is 2. The molecule has 0 bridgehead atoms. The van der Waals surface area contributed by atoms with E-state index in [9.17, 15) is 0 Å². The van der Waals surface area contributed by atoms with Crippen LogP contribution < -0.4 is 0 Å². The van der Waals surface area contributed by atoms with E-state index in [2.05, 4.69) is 30.1 Å². The minimum atomic E-state index is 0.635. The lowest BCUT2D eigenvalue weighted by molar-refractivity contribution is 1.15. The zero-order valence-electron chi connectivity index (χ0n) is 10.3. The van der Waals surface area contributed by atoms with Crippen molar-refractivity contribution in [1.82, 2.24) is 4.98 Å². The number of hydrogen-bond donors (Lipinski definition) is 0. The second-order valence-electron chi connectivity index (χ2n) is 4.33. The summed E-state index contributed by atoms with van der Waals surface area (Å²) in [6.07, 6.45) is 1.03. The molecule has 3 rings (SSSR count). The van der Waals surface area contributed by atoms with Crippen LogP contribution in [0.3, 0.4) is 0 Å². The normalized spacial score (nSPS) is 11.1. The van der Waals surface area contributed by atoms with Crippen LogP contribution in [0.25, 0.3) is 20.8 Å². The van der Waals surface area contributed by atoms with E-state index in [0.717, 1.165) is 22.5 Å². The van der Waals surface area contributed by atoms with Crippen molar-refractivity contribution in [1.29, 1.82) is 0 Å². The number of rotatable bonds is 2. The number of thiazole rings is 1. The van der Waals surface area contributed by atoms with Gasteiger partial charge in [-0.05, 0) is 42.3 Å². The number of hydrogen-bond acceptors (Lipinski definition) is 2. The molecular formula is C15H11Cl2NS. The topological polar surface area (TPSA) is 12.9 Å². The first-order chi connectivity index (χ1) is 9.15. The van der Waals surface area contributed by atoms with Gasteiger partial charge in [0.2, 0.25) is 0 Å². The van der Waals surface area contributed by atoms with Gasteiger partial charge in [0.05, 0.1) is 10.2 Å². The van der Waals surface area contributed by atoms with Gasteiger partial charge < -0.3 is 0 Å². The van der Waals surface area contributed by atoms with E-state index in [1.807, 2.05) is 12.1 Å². The first-order valence-electron chi connectivity index (χ1n) is 6.01. The van der Waals surface area contributed by atoms with E-state index in [1.165, 1.54) is 10.3 Å². The minimum Gasteiger partial charge on any atom is -0.236 e. The molecule has 1 nitrogen and oxygen atoms in total. The zero-order valence-corrected chi connectivity index (χ0v) is 12.6. The van der Waals surface area contributed by atoms with Crippen LogP contribution in [0, 0.1) is 0 Å². The quantitative estimate of drug-likeness (QED) is 0.580. The highest BCUT2D eigenvalue weighted by Crippen LogP contribution is 2.33. The van der Waals surface area contributed by atoms with Crippen molar-refractivity contribution >= 4 is 44.8 Å². The van der Waals surface area contributed by atoms with Crippen LogP contribution >= 0.6 is 34.5 Å². The summed E-state index contributed by atoms with van der Waals surface area (Å²) in [6, 6.07) is 11.9. The summed E-state index contributed by atoms with van der Waals surface area (Å²) < 4.78 is 1.20. The van der Waals surface area contributed by atoms with Crippen molar-refractivity contribution < 1.29 is 0 Å². The average Bonchev–Trinajstić information content (AvgIpc) is 2.80. The molecule has 19 heavy (non-hydrogen) atoms. The summed E-state index contributed by atoms with van der Waals surface area (Å²) >= 11 is 13.7. The fraction of sp³-hybridized carbons (Fsp3) is 0.133. The Kier molecular flexibility index (Phi) is 3.48. The summed E-state index contributed by atoms with van der Waals surface area (Å²) in [5.74, 6) is 0. The number of aryl methyl sites for hydroxylation is 1. The van der Waals surface area contributed by atoms with E-state index in [-0.39, 0.29) is 0 Å². The Morgan fingerprint density at radius 3 is 2.47 bits per heavy atom. The van der Waals surface area contributed by atoms with Crippen LogP contribution in [0.15, 0.2) is 36.4 Å². The Morgan fingerprint density at radius 2 is 1.79 bits per heavy atom. The molecule has 0 aliphatic carbocycles. The lowest BCUT2D eigenvalue weighted by atomic mass is 10.2. The second-order valence-corrected chi connectivity index (χ2v) is 6.24. The van der Waals surface area contributed by atoms with Gasteiger partial charge in [0.1, 0.15) is 5.01 Å². The molecular weight excluding hydrogens is 297 g/mol. The van der Waals surface area contributed by atoms with Crippen molar-refractivity contribution in [3.63, 3.8) is 0 Å². The summed E-state index contributed by atoms with van der Waals surface area (Å²) in [7, 11) is 0. The molecule has 1 heterocycles.